The molecule has 4 nitrogen and oxygen atoms in total. The molecule has 0 unspecified atom stereocenters. The van der Waals surface area contributed by atoms with E-state index in [0.717, 1.165) is 35.3 Å². The van der Waals surface area contributed by atoms with Crippen molar-refractivity contribution in [3.05, 3.63) is 28.2 Å². The Morgan fingerprint density at radius 2 is 2.10 bits per heavy atom. The summed E-state index contributed by atoms with van der Waals surface area (Å²) in [5, 5.41) is 3.36. The summed E-state index contributed by atoms with van der Waals surface area (Å²) >= 11 is 3.54. The van der Waals surface area contributed by atoms with Crippen molar-refractivity contribution in [1.82, 2.24) is 5.32 Å². The van der Waals surface area contributed by atoms with Gasteiger partial charge in [-0.3, -0.25) is 4.79 Å². The average Bonchev–Trinajstić information content (AvgIpc) is 2.47. The number of hydrogen-bond donors (Lipinski definition) is 1. The van der Waals surface area contributed by atoms with Gasteiger partial charge in [0.2, 0.25) is 0 Å². The van der Waals surface area contributed by atoms with Crippen molar-refractivity contribution in [3.8, 4) is 5.75 Å². The van der Waals surface area contributed by atoms with Crippen molar-refractivity contribution in [1.29, 1.82) is 0 Å². The number of hydrogen-bond acceptors (Lipinski definition) is 4. The van der Waals surface area contributed by atoms with Crippen LogP contribution in [0.1, 0.15) is 32.8 Å². The van der Waals surface area contributed by atoms with Crippen LogP contribution in [0, 0.1) is 5.41 Å². The molecule has 0 radical (unpaired) electrons. The summed E-state index contributed by atoms with van der Waals surface area (Å²) in [6.45, 7) is 7.79. The summed E-state index contributed by atoms with van der Waals surface area (Å²) in [4.78, 5) is 11.6. The van der Waals surface area contributed by atoms with Crippen LogP contribution in [0.15, 0.2) is 22.7 Å². The highest BCUT2D eigenvalue weighted by molar-refractivity contribution is 9.10. The molecule has 1 rings (SSSR count). The van der Waals surface area contributed by atoms with E-state index in [2.05, 4.69) is 28.2 Å². The van der Waals surface area contributed by atoms with E-state index in [1.54, 1.807) is 13.8 Å². The van der Waals surface area contributed by atoms with Crippen LogP contribution in [-0.4, -0.2) is 26.2 Å². The number of carbonyl (C=O) groups is 1. The summed E-state index contributed by atoms with van der Waals surface area (Å²) in [6.07, 6.45) is 1.10. The van der Waals surface area contributed by atoms with E-state index in [1.807, 2.05) is 18.2 Å². The van der Waals surface area contributed by atoms with Gasteiger partial charge >= 0.3 is 5.97 Å². The van der Waals surface area contributed by atoms with Gasteiger partial charge in [-0.2, -0.15) is 0 Å². The molecule has 0 bridgehead atoms. The number of methoxy groups -OCH3 is 1. The van der Waals surface area contributed by atoms with Gasteiger partial charge in [0.15, 0.2) is 0 Å². The molecule has 5 heteroatoms. The number of benzene rings is 1. The van der Waals surface area contributed by atoms with Gasteiger partial charge in [-0.05, 0) is 50.6 Å². The summed E-state index contributed by atoms with van der Waals surface area (Å²) < 4.78 is 11.6. The fourth-order valence-electron chi connectivity index (χ4n) is 1.78. The van der Waals surface area contributed by atoms with Crippen molar-refractivity contribution >= 4 is 21.9 Å². The lowest BCUT2D eigenvalue weighted by Gasteiger charge is -2.22. The summed E-state index contributed by atoms with van der Waals surface area (Å²) in [6, 6.07) is 5.84. The lowest BCUT2D eigenvalue weighted by atomic mass is 9.95. The molecular formula is C16H24BrNO3. The Morgan fingerprint density at radius 1 is 1.38 bits per heavy atom. The Hall–Kier alpha value is -1.07. The smallest absolute Gasteiger partial charge is 0.314 e. The number of nitrogens with one attached hydrogen (secondary N) is 1. The van der Waals surface area contributed by atoms with E-state index < -0.39 is 5.41 Å². The fraction of sp³-hybridized carbons (Fsp3) is 0.562. The second kappa shape index (κ2) is 8.39. The standard InChI is InChI=1S/C16H24BrNO3/c1-5-8-18-10-12-9-13(6-7-14(12)17)21-11-16(2,3)15(19)20-4/h6-7,9,18H,5,8,10-11H2,1-4H3. The molecule has 0 amide bonds. The van der Waals surface area contributed by atoms with E-state index in [-0.39, 0.29) is 12.6 Å². The maximum Gasteiger partial charge on any atom is 0.314 e. The predicted octanol–water partition coefficient (Wildman–Crippen LogP) is 3.53. The molecule has 1 N–H and O–H groups in total. The van der Waals surface area contributed by atoms with Gasteiger partial charge in [-0.1, -0.05) is 22.9 Å². The SMILES string of the molecule is CCCNCc1cc(OCC(C)(C)C(=O)OC)ccc1Br. The van der Waals surface area contributed by atoms with Crippen molar-refractivity contribution < 1.29 is 14.3 Å². The Morgan fingerprint density at radius 3 is 2.71 bits per heavy atom. The van der Waals surface area contributed by atoms with Crippen LogP contribution < -0.4 is 10.1 Å². The van der Waals surface area contributed by atoms with Crippen LogP contribution in [0.5, 0.6) is 5.75 Å². The van der Waals surface area contributed by atoms with Gasteiger partial charge in [0.05, 0.1) is 12.5 Å². The zero-order valence-electron chi connectivity index (χ0n) is 13.2. The van der Waals surface area contributed by atoms with Gasteiger partial charge in [0.1, 0.15) is 12.4 Å². The number of halogens is 1. The second-order valence-corrected chi connectivity index (χ2v) is 6.45. The summed E-state index contributed by atoms with van der Waals surface area (Å²) in [5.41, 5.74) is 0.472. The lowest BCUT2D eigenvalue weighted by Crippen LogP contribution is -2.32. The van der Waals surface area contributed by atoms with Crippen LogP contribution in [-0.2, 0) is 16.1 Å². The van der Waals surface area contributed by atoms with Gasteiger partial charge in [0.25, 0.3) is 0 Å². The third-order valence-electron chi connectivity index (χ3n) is 3.10. The van der Waals surface area contributed by atoms with Gasteiger partial charge < -0.3 is 14.8 Å². The van der Waals surface area contributed by atoms with Crippen LogP contribution in [0.2, 0.25) is 0 Å². The van der Waals surface area contributed by atoms with E-state index in [1.165, 1.54) is 7.11 Å². The normalized spacial score (nSPS) is 11.3. The maximum absolute atomic E-state index is 11.6. The molecule has 0 spiro atoms. The highest BCUT2D eigenvalue weighted by Gasteiger charge is 2.29. The molecule has 1 aromatic rings. The molecule has 0 atom stereocenters. The van der Waals surface area contributed by atoms with E-state index in [4.69, 9.17) is 9.47 Å². The second-order valence-electron chi connectivity index (χ2n) is 5.59. The van der Waals surface area contributed by atoms with E-state index in [0.29, 0.717) is 0 Å². The number of rotatable bonds is 8. The number of carbonyl (C=O) groups excluding carboxylic acids is 1. The first-order valence-electron chi connectivity index (χ1n) is 7.11. The first-order chi connectivity index (χ1) is 9.90. The lowest BCUT2D eigenvalue weighted by molar-refractivity contribution is -0.152. The van der Waals surface area contributed by atoms with Crippen LogP contribution >= 0.6 is 15.9 Å². The zero-order chi connectivity index (χ0) is 15.9. The monoisotopic (exact) mass is 357 g/mol. The molecule has 0 saturated heterocycles. The Kier molecular flexibility index (Phi) is 7.18. The van der Waals surface area contributed by atoms with Gasteiger partial charge in [-0.25, -0.2) is 0 Å². The van der Waals surface area contributed by atoms with Gasteiger partial charge in [-0.15, -0.1) is 0 Å². The first-order valence-corrected chi connectivity index (χ1v) is 7.90. The van der Waals surface area contributed by atoms with E-state index >= 15 is 0 Å². The minimum absolute atomic E-state index is 0.274. The summed E-state index contributed by atoms with van der Waals surface area (Å²) in [7, 11) is 1.39. The minimum atomic E-state index is -0.664. The molecule has 0 aliphatic heterocycles. The van der Waals surface area contributed by atoms with E-state index in [9.17, 15) is 4.79 Å². The molecule has 21 heavy (non-hydrogen) atoms. The largest absolute Gasteiger partial charge is 0.492 e. The zero-order valence-corrected chi connectivity index (χ0v) is 14.7. The van der Waals surface area contributed by atoms with Crippen molar-refractivity contribution in [2.24, 2.45) is 5.41 Å². The molecule has 0 fully saturated rings. The first kappa shape index (κ1) is 18.0. The quantitative estimate of drug-likeness (QED) is 0.571. The van der Waals surface area contributed by atoms with Crippen LogP contribution in [0.4, 0.5) is 0 Å². The van der Waals surface area contributed by atoms with Crippen LogP contribution in [0.25, 0.3) is 0 Å². The number of esters is 1. The Labute approximate surface area is 135 Å². The topological polar surface area (TPSA) is 47.6 Å². The van der Waals surface area contributed by atoms with Crippen molar-refractivity contribution in [3.63, 3.8) is 0 Å². The van der Waals surface area contributed by atoms with Crippen molar-refractivity contribution in [2.75, 3.05) is 20.3 Å². The molecule has 0 aliphatic carbocycles. The molecule has 0 aromatic heterocycles. The predicted molar refractivity (Wildman–Crippen MR) is 87.4 cm³/mol. The number of ether oxygens (including phenoxy) is 2. The Balaban J connectivity index is 2.67. The third kappa shape index (κ3) is 5.67. The third-order valence-corrected chi connectivity index (χ3v) is 3.87. The Bertz CT molecular complexity index is 475. The molecule has 0 heterocycles. The molecule has 118 valence electrons. The molecule has 0 aliphatic rings. The molecule has 1 aromatic carbocycles. The average molecular weight is 358 g/mol. The highest BCUT2D eigenvalue weighted by Crippen LogP contribution is 2.25. The molecule has 0 saturated carbocycles. The van der Waals surface area contributed by atoms with Crippen LogP contribution in [0.3, 0.4) is 0 Å². The van der Waals surface area contributed by atoms with Crippen molar-refractivity contribution in [2.45, 2.75) is 33.7 Å². The molecular weight excluding hydrogens is 334 g/mol. The highest BCUT2D eigenvalue weighted by atomic mass is 79.9. The fourth-order valence-corrected chi connectivity index (χ4v) is 2.16. The minimum Gasteiger partial charge on any atom is -0.492 e. The van der Waals surface area contributed by atoms with Gasteiger partial charge in [0, 0.05) is 11.0 Å². The maximum atomic E-state index is 11.6. The summed E-state index contributed by atoms with van der Waals surface area (Å²) in [5.74, 6) is 0.480.